The minimum atomic E-state index is -0.968. The summed E-state index contributed by atoms with van der Waals surface area (Å²) in [5.74, 6) is -1.01. The standard InChI is InChI=1S/C22H17NO4/c1-14(26-22(25)20-13-16-8-3-5-12-19(16)27-20)21(24)23-18-11-6-9-15-7-2-4-10-17(15)18/h2-14H,1H3,(H,23,24). The topological polar surface area (TPSA) is 68.5 Å². The molecule has 0 bridgehead atoms. The SMILES string of the molecule is CC(OC(=O)c1cc2ccccc2o1)C(=O)Nc1cccc2ccccc12. The van der Waals surface area contributed by atoms with E-state index in [1.165, 1.54) is 6.92 Å². The third-order valence-corrected chi connectivity index (χ3v) is 4.33. The molecule has 1 aromatic heterocycles. The van der Waals surface area contributed by atoms with E-state index in [-0.39, 0.29) is 5.76 Å². The van der Waals surface area contributed by atoms with Crippen LogP contribution in [0.4, 0.5) is 5.69 Å². The number of carbonyl (C=O) groups is 2. The molecule has 0 aliphatic heterocycles. The van der Waals surface area contributed by atoms with Gasteiger partial charge in [-0.3, -0.25) is 4.79 Å². The molecular formula is C22H17NO4. The number of para-hydroxylation sites is 1. The lowest BCUT2D eigenvalue weighted by Crippen LogP contribution is -2.29. The second kappa shape index (κ2) is 6.96. The predicted octanol–water partition coefficient (Wildman–Crippen LogP) is 4.77. The molecule has 0 aliphatic carbocycles. The molecule has 0 saturated carbocycles. The Morgan fingerprint density at radius 3 is 2.44 bits per heavy atom. The fourth-order valence-electron chi connectivity index (χ4n) is 2.92. The smallest absolute Gasteiger partial charge is 0.375 e. The zero-order valence-corrected chi connectivity index (χ0v) is 14.6. The molecule has 4 aromatic rings. The van der Waals surface area contributed by atoms with E-state index in [1.54, 1.807) is 12.1 Å². The third kappa shape index (κ3) is 3.40. The quantitative estimate of drug-likeness (QED) is 0.533. The fraction of sp³-hybridized carbons (Fsp3) is 0.0909. The van der Waals surface area contributed by atoms with Gasteiger partial charge in [0.05, 0.1) is 0 Å². The van der Waals surface area contributed by atoms with Gasteiger partial charge in [-0.05, 0) is 30.5 Å². The first-order valence-corrected chi connectivity index (χ1v) is 8.60. The van der Waals surface area contributed by atoms with Gasteiger partial charge in [0.15, 0.2) is 6.10 Å². The van der Waals surface area contributed by atoms with E-state index in [9.17, 15) is 9.59 Å². The number of anilines is 1. The lowest BCUT2D eigenvalue weighted by Gasteiger charge is -2.14. The van der Waals surface area contributed by atoms with Crippen molar-refractivity contribution >= 4 is 39.3 Å². The van der Waals surface area contributed by atoms with Gasteiger partial charge in [0.1, 0.15) is 5.58 Å². The molecule has 0 radical (unpaired) electrons. The summed E-state index contributed by atoms with van der Waals surface area (Å²) in [5, 5.41) is 5.56. The largest absolute Gasteiger partial charge is 0.449 e. The second-order valence-corrected chi connectivity index (χ2v) is 6.21. The van der Waals surface area contributed by atoms with Crippen molar-refractivity contribution in [1.82, 2.24) is 0 Å². The highest BCUT2D eigenvalue weighted by molar-refractivity contribution is 6.04. The number of hydrogen-bond acceptors (Lipinski definition) is 4. The summed E-state index contributed by atoms with van der Waals surface area (Å²) in [6.07, 6.45) is -0.968. The molecule has 0 fully saturated rings. The predicted molar refractivity (Wildman–Crippen MR) is 104 cm³/mol. The molecule has 5 heteroatoms. The Hall–Kier alpha value is -3.60. The monoisotopic (exact) mass is 359 g/mol. The Labute approximate surface area is 155 Å². The average Bonchev–Trinajstić information content (AvgIpc) is 3.12. The first-order chi connectivity index (χ1) is 13.1. The Morgan fingerprint density at radius 1 is 0.926 bits per heavy atom. The summed E-state index contributed by atoms with van der Waals surface area (Å²) >= 11 is 0. The number of amides is 1. The van der Waals surface area contributed by atoms with Crippen LogP contribution in [-0.4, -0.2) is 18.0 Å². The van der Waals surface area contributed by atoms with E-state index in [2.05, 4.69) is 5.32 Å². The molecule has 1 heterocycles. The normalized spacial score (nSPS) is 12.0. The van der Waals surface area contributed by atoms with E-state index in [4.69, 9.17) is 9.15 Å². The molecule has 4 rings (SSSR count). The minimum absolute atomic E-state index is 0.0704. The average molecular weight is 359 g/mol. The van der Waals surface area contributed by atoms with Crippen LogP contribution in [0.25, 0.3) is 21.7 Å². The Bertz CT molecular complexity index is 1110. The molecule has 3 aromatic carbocycles. The number of hydrogen-bond donors (Lipinski definition) is 1. The second-order valence-electron chi connectivity index (χ2n) is 6.21. The van der Waals surface area contributed by atoms with Crippen molar-refractivity contribution in [3.63, 3.8) is 0 Å². The number of benzene rings is 3. The fourth-order valence-corrected chi connectivity index (χ4v) is 2.92. The molecule has 1 N–H and O–H groups in total. The van der Waals surface area contributed by atoms with Gasteiger partial charge in [-0.2, -0.15) is 0 Å². The van der Waals surface area contributed by atoms with Gasteiger partial charge in [0, 0.05) is 16.5 Å². The van der Waals surface area contributed by atoms with Gasteiger partial charge in [0.2, 0.25) is 5.76 Å². The van der Waals surface area contributed by atoms with Crippen molar-refractivity contribution < 1.29 is 18.7 Å². The van der Waals surface area contributed by atoms with Crippen LogP contribution in [0, 0.1) is 0 Å². The third-order valence-electron chi connectivity index (χ3n) is 4.33. The van der Waals surface area contributed by atoms with Crippen molar-refractivity contribution in [3.05, 3.63) is 78.6 Å². The zero-order valence-electron chi connectivity index (χ0n) is 14.6. The van der Waals surface area contributed by atoms with Gasteiger partial charge in [-0.25, -0.2) is 4.79 Å². The van der Waals surface area contributed by atoms with Crippen LogP contribution >= 0.6 is 0 Å². The molecule has 27 heavy (non-hydrogen) atoms. The van der Waals surface area contributed by atoms with Gasteiger partial charge in [-0.1, -0.05) is 54.6 Å². The minimum Gasteiger partial charge on any atom is -0.449 e. The first-order valence-electron chi connectivity index (χ1n) is 8.60. The number of esters is 1. The van der Waals surface area contributed by atoms with Gasteiger partial charge >= 0.3 is 5.97 Å². The number of rotatable bonds is 4. The van der Waals surface area contributed by atoms with E-state index in [0.717, 1.165) is 16.2 Å². The summed E-state index contributed by atoms with van der Waals surface area (Å²) in [7, 11) is 0. The van der Waals surface area contributed by atoms with E-state index in [0.29, 0.717) is 11.3 Å². The molecule has 134 valence electrons. The summed E-state index contributed by atoms with van der Waals surface area (Å²) in [6, 6.07) is 22.3. The number of furan rings is 1. The van der Waals surface area contributed by atoms with Gasteiger partial charge in [0.25, 0.3) is 5.91 Å². The van der Waals surface area contributed by atoms with Crippen molar-refractivity contribution in [3.8, 4) is 0 Å². The lowest BCUT2D eigenvalue weighted by molar-refractivity contribution is -0.123. The number of ether oxygens (including phenoxy) is 1. The highest BCUT2D eigenvalue weighted by Crippen LogP contribution is 2.23. The van der Waals surface area contributed by atoms with E-state index < -0.39 is 18.0 Å². The highest BCUT2D eigenvalue weighted by atomic mass is 16.6. The maximum atomic E-state index is 12.5. The molecule has 1 atom stereocenters. The van der Waals surface area contributed by atoms with Gasteiger partial charge in [-0.15, -0.1) is 0 Å². The van der Waals surface area contributed by atoms with Crippen LogP contribution in [0.1, 0.15) is 17.5 Å². The van der Waals surface area contributed by atoms with Crippen LogP contribution in [0.15, 0.2) is 77.2 Å². The molecule has 1 amide bonds. The van der Waals surface area contributed by atoms with Crippen molar-refractivity contribution in [2.75, 3.05) is 5.32 Å². The highest BCUT2D eigenvalue weighted by Gasteiger charge is 2.22. The lowest BCUT2D eigenvalue weighted by atomic mass is 10.1. The van der Waals surface area contributed by atoms with Crippen LogP contribution < -0.4 is 5.32 Å². The molecular weight excluding hydrogens is 342 g/mol. The molecule has 1 unspecified atom stereocenters. The van der Waals surface area contributed by atoms with E-state index in [1.807, 2.05) is 60.7 Å². The van der Waals surface area contributed by atoms with Crippen molar-refractivity contribution in [2.24, 2.45) is 0 Å². The van der Waals surface area contributed by atoms with Crippen LogP contribution in [0.3, 0.4) is 0 Å². The molecule has 5 nitrogen and oxygen atoms in total. The van der Waals surface area contributed by atoms with Crippen LogP contribution in [0.2, 0.25) is 0 Å². The Kier molecular flexibility index (Phi) is 4.34. The maximum Gasteiger partial charge on any atom is 0.375 e. The molecule has 0 saturated heterocycles. The Morgan fingerprint density at radius 2 is 1.63 bits per heavy atom. The summed E-state index contributed by atoms with van der Waals surface area (Å²) in [6.45, 7) is 1.53. The summed E-state index contributed by atoms with van der Waals surface area (Å²) < 4.78 is 10.7. The van der Waals surface area contributed by atoms with Crippen molar-refractivity contribution in [2.45, 2.75) is 13.0 Å². The first kappa shape index (κ1) is 16.8. The van der Waals surface area contributed by atoms with Gasteiger partial charge < -0.3 is 14.5 Å². The van der Waals surface area contributed by atoms with Crippen LogP contribution in [-0.2, 0) is 9.53 Å². The molecule has 0 aliphatic rings. The zero-order chi connectivity index (χ0) is 18.8. The summed E-state index contributed by atoms with van der Waals surface area (Å²) in [4.78, 5) is 24.8. The molecule has 0 spiro atoms. The maximum absolute atomic E-state index is 12.5. The number of carbonyl (C=O) groups excluding carboxylic acids is 2. The summed E-state index contributed by atoms with van der Waals surface area (Å²) in [5.41, 5.74) is 1.27. The number of fused-ring (bicyclic) bond motifs is 2. The Balaban J connectivity index is 1.48. The van der Waals surface area contributed by atoms with Crippen LogP contribution in [0.5, 0.6) is 0 Å². The van der Waals surface area contributed by atoms with E-state index >= 15 is 0 Å². The number of nitrogens with one attached hydrogen (secondary N) is 1. The van der Waals surface area contributed by atoms with Crippen molar-refractivity contribution in [1.29, 1.82) is 0 Å².